The third-order valence-electron chi connectivity index (χ3n) is 4.20. The minimum Gasteiger partial charge on any atom is -0.274 e. The normalized spacial score (nSPS) is 19.5. The fourth-order valence-electron chi connectivity index (χ4n) is 2.90. The largest absolute Gasteiger partial charge is 0.274 e. The summed E-state index contributed by atoms with van der Waals surface area (Å²) in [6, 6.07) is 17.4. The van der Waals surface area contributed by atoms with Crippen molar-refractivity contribution in [3.05, 3.63) is 63.7 Å². The van der Waals surface area contributed by atoms with Crippen LogP contribution in [0.3, 0.4) is 0 Å². The highest BCUT2D eigenvalue weighted by molar-refractivity contribution is 14.1. The molecule has 1 saturated heterocycles. The van der Waals surface area contributed by atoms with Crippen LogP contribution in [-0.2, 0) is 9.59 Å². The first-order valence-electron chi connectivity index (χ1n) is 7.25. The van der Waals surface area contributed by atoms with Gasteiger partial charge in [-0.2, -0.15) is 0 Å². The van der Waals surface area contributed by atoms with Gasteiger partial charge in [-0.05, 0) is 58.3 Å². The summed E-state index contributed by atoms with van der Waals surface area (Å²) < 4.78 is 1.08. The van der Waals surface area contributed by atoms with E-state index in [-0.39, 0.29) is 30.1 Å². The van der Waals surface area contributed by atoms with Gasteiger partial charge in [0.15, 0.2) is 0 Å². The van der Waals surface area contributed by atoms with E-state index in [1.807, 2.05) is 61.5 Å². The van der Waals surface area contributed by atoms with Crippen molar-refractivity contribution < 1.29 is 9.59 Å². The lowest BCUT2D eigenvalue weighted by atomic mass is 9.86. The Bertz CT molecular complexity index is 697. The lowest BCUT2D eigenvalue weighted by molar-refractivity contribution is -0.122. The summed E-state index contributed by atoms with van der Waals surface area (Å²) in [5.41, 5.74) is 1.76. The number of benzene rings is 2. The summed E-state index contributed by atoms with van der Waals surface area (Å²) in [6.45, 7) is 2.02. The number of imide groups is 1. The summed E-state index contributed by atoms with van der Waals surface area (Å²) in [4.78, 5) is 26.4. The second-order valence-electron chi connectivity index (χ2n) is 5.55. The summed E-state index contributed by atoms with van der Waals surface area (Å²) in [5, 5.41) is 0. The minimum absolute atomic E-state index is 0.0338. The molecule has 0 bridgehead atoms. The van der Waals surface area contributed by atoms with Gasteiger partial charge < -0.3 is 0 Å². The predicted octanol–water partition coefficient (Wildman–Crippen LogP) is 3.97. The zero-order chi connectivity index (χ0) is 15.7. The number of halogens is 1. The van der Waals surface area contributed by atoms with Crippen molar-refractivity contribution in [2.24, 2.45) is 5.92 Å². The minimum atomic E-state index is -0.283. The molecule has 0 aromatic heterocycles. The molecular weight excluding hydrogens is 389 g/mol. The van der Waals surface area contributed by atoms with Gasteiger partial charge in [0.05, 0.1) is 11.6 Å². The van der Waals surface area contributed by atoms with E-state index in [4.69, 9.17) is 0 Å². The van der Waals surface area contributed by atoms with Gasteiger partial charge >= 0.3 is 0 Å². The molecule has 3 rings (SSSR count). The summed E-state index contributed by atoms with van der Waals surface area (Å²) >= 11 is 2.20. The number of carbonyl (C=O) groups is 2. The quantitative estimate of drug-likeness (QED) is 0.573. The van der Waals surface area contributed by atoms with Crippen molar-refractivity contribution in [3.63, 3.8) is 0 Å². The molecule has 112 valence electrons. The van der Waals surface area contributed by atoms with Gasteiger partial charge in [-0.15, -0.1) is 0 Å². The summed E-state index contributed by atoms with van der Waals surface area (Å²) in [7, 11) is 0. The van der Waals surface area contributed by atoms with E-state index in [2.05, 4.69) is 22.6 Å². The van der Waals surface area contributed by atoms with E-state index >= 15 is 0 Å². The molecule has 3 nitrogen and oxygen atoms in total. The highest BCUT2D eigenvalue weighted by Gasteiger charge is 2.42. The van der Waals surface area contributed by atoms with Gasteiger partial charge in [-0.25, -0.2) is 0 Å². The number of rotatable bonds is 3. The fourth-order valence-corrected chi connectivity index (χ4v) is 3.26. The molecule has 0 spiro atoms. The van der Waals surface area contributed by atoms with Crippen LogP contribution in [0.1, 0.15) is 24.8 Å². The van der Waals surface area contributed by atoms with Gasteiger partial charge in [0, 0.05) is 9.99 Å². The number of anilines is 1. The van der Waals surface area contributed by atoms with Crippen LogP contribution in [0.15, 0.2) is 54.6 Å². The van der Waals surface area contributed by atoms with E-state index in [1.165, 1.54) is 4.90 Å². The number of carbonyl (C=O) groups excluding carboxylic acids is 2. The van der Waals surface area contributed by atoms with Crippen molar-refractivity contribution in [3.8, 4) is 0 Å². The van der Waals surface area contributed by atoms with Crippen molar-refractivity contribution in [1.82, 2.24) is 0 Å². The molecule has 2 amide bonds. The average molecular weight is 405 g/mol. The van der Waals surface area contributed by atoms with Gasteiger partial charge in [0.1, 0.15) is 0 Å². The highest BCUT2D eigenvalue weighted by Crippen LogP contribution is 2.35. The number of amides is 2. The van der Waals surface area contributed by atoms with Gasteiger partial charge in [-0.1, -0.05) is 37.3 Å². The Hall–Kier alpha value is -1.69. The maximum absolute atomic E-state index is 12.7. The molecule has 0 N–H and O–H groups in total. The SMILES string of the molecule is CC(c1ccccc1)C1CC(=O)N(c2ccc(I)cc2)C1=O. The second kappa shape index (κ2) is 6.20. The molecule has 1 fully saturated rings. The standard InChI is InChI=1S/C18H16INO2/c1-12(13-5-3-2-4-6-13)16-11-17(21)20(18(16)22)15-9-7-14(19)8-10-15/h2-10,12,16H,11H2,1H3. The average Bonchev–Trinajstić information content (AvgIpc) is 2.83. The molecule has 0 saturated carbocycles. The zero-order valence-electron chi connectivity index (χ0n) is 12.2. The fraction of sp³-hybridized carbons (Fsp3) is 0.222. The highest BCUT2D eigenvalue weighted by atomic mass is 127. The van der Waals surface area contributed by atoms with Crippen LogP contribution in [0, 0.1) is 9.49 Å². The van der Waals surface area contributed by atoms with Crippen LogP contribution in [0.5, 0.6) is 0 Å². The second-order valence-corrected chi connectivity index (χ2v) is 6.80. The van der Waals surface area contributed by atoms with Crippen LogP contribution < -0.4 is 4.90 Å². The molecular formula is C18H16INO2. The van der Waals surface area contributed by atoms with Crippen molar-refractivity contribution >= 4 is 40.1 Å². The Morgan fingerprint density at radius 2 is 1.68 bits per heavy atom. The Morgan fingerprint density at radius 1 is 1.05 bits per heavy atom. The molecule has 0 radical (unpaired) electrons. The van der Waals surface area contributed by atoms with E-state index in [1.54, 1.807) is 0 Å². The van der Waals surface area contributed by atoms with Crippen molar-refractivity contribution in [1.29, 1.82) is 0 Å². The van der Waals surface area contributed by atoms with Crippen LogP contribution in [0.4, 0.5) is 5.69 Å². The monoisotopic (exact) mass is 405 g/mol. The molecule has 2 aromatic rings. The van der Waals surface area contributed by atoms with Crippen LogP contribution in [0.25, 0.3) is 0 Å². The van der Waals surface area contributed by atoms with Crippen molar-refractivity contribution in [2.45, 2.75) is 19.3 Å². The molecule has 4 heteroatoms. The van der Waals surface area contributed by atoms with Gasteiger partial charge in [0.2, 0.25) is 11.8 Å². The number of nitrogens with zero attached hydrogens (tertiary/aromatic N) is 1. The smallest absolute Gasteiger partial charge is 0.237 e. The lowest BCUT2D eigenvalue weighted by Gasteiger charge is -2.19. The molecule has 2 atom stereocenters. The first kappa shape index (κ1) is 15.2. The number of hydrogen-bond donors (Lipinski definition) is 0. The van der Waals surface area contributed by atoms with E-state index in [0.29, 0.717) is 5.69 Å². The molecule has 1 aliphatic heterocycles. The van der Waals surface area contributed by atoms with Crippen LogP contribution >= 0.6 is 22.6 Å². The molecule has 1 heterocycles. The lowest BCUT2D eigenvalue weighted by Crippen LogP contribution is -2.31. The first-order chi connectivity index (χ1) is 10.6. The van der Waals surface area contributed by atoms with Crippen LogP contribution in [0.2, 0.25) is 0 Å². The molecule has 2 aromatic carbocycles. The first-order valence-corrected chi connectivity index (χ1v) is 8.33. The van der Waals surface area contributed by atoms with E-state index in [0.717, 1.165) is 9.13 Å². The van der Waals surface area contributed by atoms with E-state index < -0.39 is 0 Å². The van der Waals surface area contributed by atoms with Gasteiger partial charge in [-0.3, -0.25) is 14.5 Å². The maximum atomic E-state index is 12.7. The topological polar surface area (TPSA) is 37.4 Å². The molecule has 0 aliphatic carbocycles. The third kappa shape index (κ3) is 2.79. The summed E-state index contributed by atoms with van der Waals surface area (Å²) in [6.07, 6.45) is 0.279. The summed E-state index contributed by atoms with van der Waals surface area (Å²) in [5.74, 6) is -0.456. The van der Waals surface area contributed by atoms with Gasteiger partial charge in [0.25, 0.3) is 0 Å². The third-order valence-corrected chi connectivity index (χ3v) is 4.91. The van der Waals surface area contributed by atoms with E-state index in [9.17, 15) is 9.59 Å². The predicted molar refractivity (Wildman–Crippen MR) is 94.6 cm³/mol. The molecule has 1 aliphatic rings. The van der Waals surface area contributed by atoms with Crippen molar-refractivity contribution in [2.75, 3.05) is 4.90 Å². The number of hydrogen-bond acceptors (Lipinski definition) is 2. The Labute approximate surface area is 143 Å². The molecule has 2 unspecified atom stereocenters. The maximum Gasteiger partial charge on any atom is 0.237 e. The molecule has 22 heavy (non-hydrogen) atoms. The Kier molecular flexibility index (Phi) is 4.29. The van der Waals surface area contributed by atoms with Crippen LogP contribution in [-0.4, -0.2) is 11.8 Å². The zero-order valence-corrected chi connectivity index (χ0v) is 14.4. The Balaban J connectivity index is 1.87. The Morgan fingerprint density at radius 3 is 2.32 bits per heavy atom.